The second kappa shape index (κ2) is 6.89. The van der Waals surface area contributed by atoms with E-state index in [1.807, 2.05) is 27.7 Å². The molecule has 0 amide bonds. The third-order valence-corrected chi connectivity index (χ3v) is 5.51. The third-order valence-electron chi connectivity index (χ3n) is 3.13. The molecule has 114 valence electrons. The van der Waals surface area contributed by atoms with E-state index in [1.165, 1.54) is 10.4 Å². The topological polar surface area (TPSA) is 49.4 Å². The van der Waals surface area contributed by atoms with Crippen molar-refractivity contribution in [3.05, 3.63) is 28.8 Å². The summed E-state index contributed by atoms with van der Waals surface area (Å²) in [6.07, 6.45) is 0. The van der Waals surface area contributed by atoms with Crippen molar-refractivity contribution in [2.45, 2.75) is 51.2 Å². The van der Waals surface area contributed by atoms with Gasteiger partial charge in [0.15, 0.2) is 0 Å². The Kier molecular flexibility index (Phi) is 6.01. The number of halogens is 1. The summed E-state index contributed by atoms with van der Waals surface area (Å²) in [4.78, 5) is 0.229. The van der Waals surface area contributed by atoms with Crippen LogP contribution in [0.15, 0.2) is 23.1 Å². The van der Waals surface area contributed by atoms with E-state index >= 15 is 0 Å². The van der Waals surface area contributed by atoms with Gasteiger partial charge in [-0.2, -0.15) is 4.31 Å². The lowest BCUT2D eigenvalue weighted by atomic mass is 10.2. The van der Waals surface area contributed by atoms with Crippen LogP contribution in [0.25, 0.3) is 0 Å². The van der Waals surface area contributed by atoms with Gasteiger partial charge in [0, 0.05) is 30.7 Å². The molecule has 1 aromatic rings. The van der Waals surface area contributed by atoms with Gasteiger partial charge in [0.05, 0.1) is 4.90 Å². The van der Waals surface area contributed by atoms with Crippen LogP contribution < -0.4 is 5.32 Å². The van der Waals surface area contributed by atoms with Crippen molar-refractivity contribution in [2.75, 3.05) is 7.05 Å². The van der Waals surface area contributed by atoms with Crippen molar-refractivity contribution in [1.82, 2.24) is 9.62 Å². The summed E-state index contributed by atoms with van der Waals surface area (Å²) in [5.74, 6) is 0. The van der Waals surface area contributed by atoms with Crippen molar-refractivity contribution in [3.8, 4) is 0 Å². The molecule has 0 saturated carbocycles. The lowest BCUT2D eigenvalue weighted by molar-refractivity contribution is 0.410. The van der Waals surface area contributed by atoms with E-state index < -0.39 is 10.0 Å². The van der Waals surface area contributed by atoms with Gasteiger partial charge >= 0.3 is 0 Å². The number of nitrogens with zero attached hydrogens (tertiary/aromatic N) is 1. The van der Waals surface area contributed by atoms with E-state index in [2.05, 4.69) is 5.32 Å². The monoisotopic (exact) mass is 318 g/mol. The average Bonchev–Trinajstić information content (AvgIpc) is 2.35. The molecule has 0 heterocycles. The highest BCUT2D eigenvalue weighted by Gasteiger charge is 2.23. The predicted octanol–water partition coefficient (Wildman–Crippen LogP) is 2.87. The highest BCUT2D eigenvalue weighted by atomic mass is 35.5. The number of hydrogen-bond donors (Lipinski definition) is 1. The zero-order valence-corrected chi connectivity index (χ0v) is 14.2. The summed E-state index contributed by atoms with van der Waals surface area (Å²) < 4.78 is 26.0. The standard InChI is InChI=1S/C14H23ClN2O2S/c1-10(2)16-9-12-6-7-13(8-14(12)15)20(18,19)17(5)11(3)4/h6-8,10-11,16H,9H2,1-5H3. The SMILES string of the molecule is CC(C)NCc1ccc(S(=O)(=O)N(C)C(C)C)cc1Cl. The van der Waals surface area contributed by atoms with Crippen LogP contribution in [0.4, 0.5) is 0 Å². The lowest BCUT2D eigenvalue weighted by Gasteiger charge is -2.21. The Labute approximate surface area is 127 Å². The maximum atomic E-state index is 12.4. The Balaban J connectivity index is 3.03. The minimum absolute atomic E-state index is 0.0962. The molecule has 0 atom stereocenters. The van der Waals surface area contributed by atoms with Gasteiger partial charge in [0.2, 0.25) is 10.0 Å². The maximum absolute atomic E-state index is 12.4. The molecular weight excluding hydrogens is 296 g/mol. The summed E-state index contributed by atoms with van der Waals surface area (Å²) >= 11 is 6.18. The fourth-order valence-corrected chi connectivity index (χ4v) is 3.30. The van der Waals surface area contributed by atoms with Gasteiger partial charge in [-0.15, -0.1) is 0 Å². The van der Waals surface area contributed by atoms with Crippen LogP contribution >= 0.6 is 11.6 Å². The zero-order valence-electron chi connectivity index (χ0n) is 12.6. The van der Waals surface area contributed by atoms with Gasteiger partial charge in [0.25, 0.3) is 0 Å². The summed E-state index contributed by atoms with van der Waals surface area (Å²) in [6.45, 7) is 8.38. The van der Waals surface area contributed by atoms with Crippen molar-refractivity contribution in [2.24, 2.45) is 0 Å². The first kappa shape index (κ1) is 17.4. The minimum atomic E-state index is -3.48. The van der Waals surface area contributed by atoms with Crippen LogP contribution in [0, 0.1) is 0 Å². The molecular formula is C14H23ClN2O2S. The quantitative estimate of drug-likeness (QED) is 0.877. The lowest BCUT2D eigenvalue weighted by Crippen LogP contribution is -2.33. The van der Waals surface area contributed by atoms with Crippen LogP contribution in [0.3, 0.4) is 0 Å². The molecule has 1 N–H and O–H groups in total. The summed E-state index contributed by atoms with van der Waals surface area (Å²) in [5, 5.41) is 3.73. The largest absolute Gasteiger partial charge is 0.310 e. The zero-order chi connectivity index (χ0) is 15.5. The molecule has 0 fully saturated rings. The predicted molar refractivity (Wildman–Crippen MR) is 83.5 cm³/mol. The first-order valence-corrected chi connectivity index (χ1v) is 8.48. The van der Waals surface area contributed by atoms with Gasteiger partial charge in [-0.1, -0.05) is 31.5 Å². The molecule has 4 nitrogen and oxygen atoms in total. The molecule has 0 bridgehead atoms. The van der Waals surface area contributed by atoms with Crippen LogP contribution in [0.2, 0.25) is 5.02 Å². The number of hydrogen-bond acceptors (Lipinski definition) is 3. The number of rotatable bonds is 6. The van der Waals surface area contributed by atoms with Crippen LogP contribution in [0.1, 0.15) is 33.3 Å². The Morgan fingerprint density at radius 3 is 2.30 bits per heavy atom. The molecule has 0 unspecified atom stereocenters. The van der Waals surface area contributed by atoms with E-state index in [-0.39, 0.29) is 10.9 Å². The highest BCUT2D eigenvalue weighted by molar-refractivity contribution is 7.89. The van der Waals surface area contributed by atoms with Crippen molar-refractivity contribution in [1.29, 1.82) is 0 Å². The summed E-state index contributed by atoms with van der Waals surface area (Å²) in [5.41, 5.74) is 0.895. The molecule has 6 heteroatoms. The molecule has 0 aromatic heterocycles. The Bertz CT molecular complexity index is 556. The van der Waals surface area contributed by atoms with E-state index in [4.69, 9.17) is 11.6 Å². The van der Waals surface area contributed by atoms with E-state index in [9.17, 15) is 8.42 Å². The Morgan fingerprint density at radius 2 is 1.85 bits per heavy atom. The molecule has 0 spiro atoms. The van der Waals surface area contributed by atoms with Gasteiger partial charge in [0.1, 0.15) is 0 Å². The van der Waals surface area contributed by atoms with E-state index in [0.717, 1.165) is 5.56 Å². The normalized spacial score (nSPS) is 12.7. The van der Waals surface area contributed by atoms with Gasteiger partial charge in [-0.25, -0.2) is 8.42 Å². The highest BCUT2D eigenvalue weighted by Crippen LogP contribution is 2.23. The fourth-order valence-electron chi connectivity index (χ4n) is 1.59. The molecule has 20 heavy (non-hydrogen) atoms. The van der Waals surface area contributed by atoms with Gasteiger partial charge < -0.3 is 5.32 Å². The van der Waals surface area contributed by atoms with Crippen molar-refractivity contribution < 1.29 is 8.42 Å². The first-order valence-electron chi connectivity index (χ1n) is 6.66. The first-order chi connectivity index (χ1) is 9.16. The fraction of sp³-hybridized carbons (Fsp3) is 0.571. The third kappa shape index (κ3) is 4.19. The number of nitrogens with one attached hydrogen (secondary N) is 1. The van der Waals surface area contributed by atoms with Crippen molar-refractivity contribution >= 4 is 21.6 Å². The second-order valence-corrected chi connectivity index (χ2v) is 7.81. The summed E-state index contributed by atoms with van der Waals surface area (Å²) in [6, 6.07) is 5.14. The smallest absolute Gasteiger partial charge is 0.243 e. The van der Waals surface area contributed by atoms with E-state index in [0.29, 0.717) is 17.6 Å². The Morgan fingerprint density at radius 1 is 1.25 bits per heavy atom. The minimum Gasteiger partial charge on any atom is -0.310 e. The Hall–Kier alpha value is -0.620. The molecule has 0 aliphatic rings. The molecule has 1 aromatic carbocycles. The summed E-state index contributed by atoms with van der Waals surface area (Å²) in [7, 11) is -1.91. The number of benzene rings is 1. The molecule has 0 aliphatic carbocycles. The maximum Gasteiger partial charge on any atom is 0.243 e. The molecule has 1 rings (SSSR count). The molecule has 0 saturated heterocycles. The average molecular weight is 319 g/mol. The van der Waals surface area contributed by atoms with Crippen LogP contribution in [-0.4, -0.2) is 31.9 Å². The second-order valence-electron chi connectivity index (χ2n) is 5.40. The van der Waals surface area contributed by atoms with Gasteiger partial charge in [-0.05, 0) is 31.5 Å². The van der Waals surface area contributed by atoms with E-state index in [1.54, 1.807) is 19.2 Å². The van der Waals surface area contributed by atoms with Gasteiger partial charge in [-0.3, -0.25) is 0 Å². The number of sulfonamides is 1. The molecule has 0 radical (unpaired) electrons. The van der Waals surface area contributed by atoms with Crippen molar-refractivity contribution in [3.63, 3.8) is 0 Å². The van der Waals surface area contributed by atoms with Crippen LogP contribution in [0.5, 0.6) is 0 Å². The molecule has 0 aliphatic heterocycles. The van der Waals surface area contributed by atoms with Crippen LogP contribution in [-0.2, 0) is 16.6 Å².